The van der Waals surface area contributed by atoms with Crippen LogP contribution in [0.15, 0.2) is 4.99 Å². The van der Waals surface area contributed by atoms with E-state index in [4.69, 9.17) is 0 Å². The molecule has 0 heterocycles. The van der Waals surface area contributed by atoms with Gasteiger partial charge in [-0.2, -0.15) is 0 Å². The first kappa shape index (κ1) is 17.1. The topological polar surface area (TPSA) is 65.5 Å². The van der Waals surface area contributed by atoms with Gasteiger partial charge in [-0.15, -0.1) is 0 Å². The van der Waals surface area contributed by atoms with Crippen molar-refractivity contribution in [1.29, 1.82) is 0 Å². The molecule has 22 heavy (non-hydrogen) atoms. The van der Waals surface area contributed by atoms with Gasteiger partial charge in [0, 0.05) is 32.1 Å². The molecule has 0 aromatic rings. The second kappa shape index (κ2) is 9.70. The lowest BCUT2D eigenvalue weighted by atomic mass is 9.89. The smallest absolute Gasteiger partial charge is 0.223 e. The molecule has 2 aliphatic rings. The van der Waals surface area contributed by atoms with Crippen LogP contribution in [0, 0.1) is 5.92 Å². The van der Waals surface area contributed by atoms with Gasteiger partial charge in [-0.05, 0) is 25.7 Å². The Hall–Kier alpha value is -1.26. The van der Waals surface area contributed by atoms with Crippen LogP contribution >= 0.6 is 0 Å². The molecule has 5 heteroatoms. The van der Waals surface area contributed by atoms with Crippen LogP contribution < -0.4 is 16.0 Å². The number of hydrogen-bond acceptors (Lipinski definition) is 2. The molecule has 0 bridgehead atoms. The molecule has 0 unspecified atom stereocenters. The molecule has 3 N–H and O–H groups in total. The molecule has 5 nitrogen and oxygen atoms in total. The maximum absolute atomic E-state index is 12.0. The largest absolute Gasteiger partial charge is 0.355 e. The SMILES string of the molecule is CN=C(NCCNC(=O)C1CCCCC1)NC1CCCCC1. The summed E-state index contributed by atoms with van der Waals surface area (Å²) in [5.74, 6) is 1.34. The average Bonchev–Trinajstić information content (AvgIpc) is 2.59. The van der Waals surface area contributed by atoms with Crippen molar-refractivity contribution in [3.05, 3.63) is 0 Å². The summed E-state index contributed by atoms with van der Waals surface area (Å²) >= 11 is 0. The third-order valence-electron chi connectivity index (χ3n) is 4.86. The lowest BCUT2D eigenvalue weighted by Crippen LogP contribution is -2.46. The zero-order valence-electron chi connectivity index (χ0n) is 14.0. The van der Waals surface area contributed by atoms with Gasteiger partial charge in [-0.1, -0.05) is 38.5 Å². The van der Waals surface area contributed by atoms with Crippen molar-refractivity contribution in [2.24, 2.45) is 10.9 Å². The van der Waals surface area contributed by atoms with Crippen LogP contribution in [-0.4, -0.2) is 38.0 Å². The zero-order chi connectivity index (χ0) is 15.6. The third kappa shape index (κ3) is 5.85. The van der Waals surface area contributed by atoms with Crippen LogP contribution in [0.4, 0.5) is 0 Å². The molecular weight excluding hydrogens is 276 g/mol. The van der Waals surface area contributed by atoms with Crippen molar-refractivity contribution in [3.8, 4) is 0 Å². The van der Waals surface area contributed by atoms with E-state index in [1.54, 1.807) is 7.05 Å². The van der Waals surface area contributed by atoms with Gasteiger partial charge in [0.25, 0.3) is 0 Å². The third-order valence-corrected chi connectivity index (χ3v) is 4.86. The molecule has 0 saturated heterocycles. The standard InChI is InChI=1S/C17H32N4O/c1-18-17(21-15-10-6-3-7-11-15)20-13-12-19-16(22)14-8-4-2-5-9-14/h14-15H,2-13H2,1H3,(H,19,22)(H2,18,20,21). The highest BCUT2D eigenvalue weighted by Crippen LogP contribution is 2.23. The van der Waals surface area contributed by atoms with E-state index in [1.807, 2.05) is 0 Å². The van der Waals surface area contributed by atoms with E-state index in [0.717, 1.165) is 25.3 Å². The maximum Gasteiger partial charge on any atom is 0.223 e. The van der Waals surface area contributed by atoms with E-state index < -0.39 is 0 Å². The van der Waals surface area contributed by atoms with Crippen molar-refractivity contribution in [2.45, 2.75) is 70.3 Å². The highest BCUT2D eigenvalue weighted by molar-refractivity contribution is 5.80. The highest BCUT2D eigenvalue weighted by Gasteiger charge is 2.20. The number of nitrogens with zero attached hydrogens (tertiary/aromatic N) is 1. The summed E-state index contributed by atoms with van der Waals surface area (Å²) in [5.41, 5.74) is 0. The number of amides is 1. The summed E-state index contributed by atoms with van der Waals surface area (Å²) in [6.45, 7) is 1.39. The van der Waals surface area contributed by atoms with Crippen molar-refractivity contribution >= 4 is 11.9 Å². The average molecular weight is 308 g/mol. The second-order valence-electron chi connectivity index (χ2n) is 6.60. The first-order valence-corrected chi connectivity index (χ1v) is 9.04. The number of carbonyl (C=O) groups excluding carboxylic acids is 1. The van der Waals surface area contributed by atoms with Gasteiger partial charge in [0.2, 0.25) is 5.91 Å². The van der Waals surface area contributed by atoms with Gasteiger partial charge in [-0.25, -0.2) is 0 Å². The fraction of sp³-hybridized carbons (Fsp3) is 0.882. The summed E-state index contributed by atoms with van der Waals surface area (Å²) < 4.78 is 0. The van der Waals surface area contributed by atoms with E-state index in [-0.39, 0.29) is 11.8 Å². The van der Waals surface area contributed by atoms with E-state index >= 15 is 0 Å². The Morgan fingerprint density at radius 3 is 2.14 bits per heavy atom. The van der Waals surface area contributed by atoms with Crippen LogP contribution in [0.5, 0.6) is 0 Å². The number of guanidine groups is 1. The molecule has 0 aliphatic heterocycles. The number of carbonyl (C=O) groups is 1. The Bertz CT molecular complexity index is 358. The van der Waals surface area contributed by atoms with E-state index in [2.05, 4.69) is 20.9 Å². The minimum atomic E-state index is 0.233. The summed E-state index contributed by atoms with van der Waals surface area (Å²) in [7, 11) is 1.80. The van der Waals surface area contributed by atoms with Gasteiger partial charge in [0.15, 0.2) is 5.96 Å². The first-order chi connectivity index (χ1) is 10.8. The van der Waals surface area contributed by atoms with Crippen molar-refractivity contribution < 1.29 is 4.79 Å². The Morgan fingerprint density at radius 2 is 1.50 bits per heavy atom. The van der Waals surface area contributed by atoms with Crippen LogP contribution in [0.2, 0.25) is 0 Å². The Morgan fingerprint density at radius 1 is 0.909 bits per heavy atom. The van der Waals surface area contributed by atoms with Crippen molar-refractivity contribution in [3.63, 3.8) is 0 Å². The van der Waals surface area contributed by atoms with Gasteiger partial charge in [-0.3, -0.25) is 9.79 Å². The van der Waals surface area contributed by atoms with Crippen LogP contribution in [0.25, 0.3) is 0 Å². The molecule has 2 saturated carbocycles. The number of nitrogens with one attached hydrogen (secondary N) is 3. The fourth-order valence-electron chi connectivity index (χ4n) is 3.51. The monoisotopic (exact) mass is 308 g/mol. The molecule has 2 rings (SSSR count). The summed E-state index contributed by atoms with van der Waals surface area (Å²) in [4.78, 5) is 16.3. The van der Waals surface area contributed by atoms with Crippen LogP contribution in [0.3, 0.4) is 0 Å². The minimum Gasteiger partial charge on any atom is -0.355 e. The van der Waals surface area contributed by atoms with Crippen molar-refractivity contribution in [2.75, 3.05) is 20.1 Å². The minimum absolute atomic E-state index is 0.233. The van der Waals surface area contributed by atoms with E-state index in [1.165, 1.54) is 51.4 Å². The fourth-order valence-corrected chi connectivity index (χ4v) is 3.51. The molecule has 0 aromatic carbocycles. The van der Waals surface area contributed by atoms with Crippen LogP contribution in [0.1, 0.15) is 64.2 Å². The molecule has 0 radical (unpaired) electrons. The normalized spacial score (nSPS) is 21.4. The van der Waals surface area contributed by atoms with Crippen molar-refractivity contribution in [1.82, 2.24) is 16.0 Å². The quantitative estimate of drug-likeness (QED) is 0.414. The van der Waals surface area contributed by atoms with E-state index in [0.29, 0.717) is 12.6 Å². The number of aliphatic imine (C=N–C) groups is 1. The molecule has 2 aliphatic carbocycles. The summed E-state index contributed by atoms with van der Waals surface area (Å²) in [6.07, 6.45) is 12.3. The Kier molecular flexibility index (Phi) is 7.54. The zero-order valence-corrected chi connectivity index (χ0v) is 14.0. The Balaban J connectivity index is 1.58. The number of hydrogen-bond donors (Lipinski definition) is 3. The predicted octanol–water partition coefficient (Wildman–Crippen LogP) is 2.18. The molecule has 0 spiro atoms. The lowest BCUT2D eigenvalue weighted by molar-refractivity contribution is -0.125. The highest BCUT2D eigenvalue weighted by atomic mass is 16.1. The molecule has 2 fully saturated rings. The Labute approximate surface area is 134 Å². The maximum atomic E-state index is 12.0. The lowest BCUT2D eigenvalue weighted by Gasteiger charge is -2.25. The van der Waals surface area contributed by atoms with Crippen LogP contribution in [-0.2, 0) is 4.79 Å². The number of rotatable bonds is 5. The van der Waals surface area contributed by atoms with Gasteiger partial charge in [0.05, 0.1) is 0 Å². The van der Waals surface area contributed by atoms with Gasteiger partial charge in [0.1, 0.15) is 0 Å². The molecular formula is C17H32N4O. The molecule has 0 atom stereocenters. The molecule has 1 amide bonds. The first-order valence-electron chi connectivity index (χ1n) is 9.04. The summed E-state index contributed by atoms with van der Waals surface area (Å²) in [6, 6.07) is 0.553. The van der Waals surface area contributed by atoms with Gasteiger partial charge < -0.3 is 16.0 Å². The molecule has 0 aromatic heterocycles. The predicted molar refractivity (Wildman–Crippen MR) is 91.0 cm³/mol. The summed E-state index contributed by atoms with van der Waals surface area (Å²) in [5, 5.41) is 9.83. The molecule has 126 valence electrons. The van der Waals surface area contributed by atoms with E-state index in [9.17, 15) is 4.79 Å². The van der Waals surface area contributed by atoms with Gasteiger partial charge >= 0.3 is 0 Å². The second-order valence-corrected chi connectivity index (χ2v) is 6.60.